The highest BCUT2D eigenvalue weighted by molar-refractivity contribution is 5.00. The SMILES string of the molecule is CC12CCCN1CC(C#N)OC2. The van der Waals surface area contributed by atoms with Gasteiger partial charge in [-0.15, -0.1) is 0 Å². The van der Waals surface area contributed by atoms with E-state index in [1.54, 1.807) is 0 Å². The molecule has 0 saturated carbocycles. The number of hydrogen-bond donors (Lipinski definition) is 0. The Morgan fingerprint density at radius 3 is 3.25 bits per heavy atom. The summed E-state index contributed by atoms with van der Waals surface area (Å²) < 4.78 is 5.44. The molecule has 0 bridgehead atoms. The largest absolute Gasteiger partial charge is 0.360 e. The fourth-order valence-electron chi connectivity index (χ4n) is 2.16. The van der Waals surface area contributed by atoms with Crippen molar-refractivity contribution in [2.75, 3.05) is 19.7 Å². The molecule has 0 N–H and O–H groups in total. The quantitative estimate of drug-likeness (QED) is 0.533. The third kappa shape index (κ3) is 1.12. The minimum Gasteiger partial charge on any atom is -0.360 e. The zero-order valence-corrected chi connectivity index (χ0v) is 7.42. The molecule has 2 atom stereocenters. The molecule has 0 spiro atoms. The van der Waals surface area contributed by atoms with Crippen molar-refractivity contribution in [2.24, 2.45) is 0 Å². The van der Waals surface area contributed by atoms with Gasteiger partial charge in [0.2, 0.25) is 0 Å². The van der Waals surface area contributed by atoms with Gasteiger partial charge in [-0.1, -0.05) is 0 Å². The molecule has 3 heteroatoms. The zero-order valence-electron chi connectivity index (χ0n) is 7.42. The van der Waals surface area contributed by atoms with Gasteiger partial charge < -0.3 is 4.74 Å². The molecule has 66 valence electrons. The van der Waals surface area contributed by atoms with Gasteiger partial charge in [-0.3, -0.25) is 4.90 Å². The molecule has 2 aliphatic rings. The number of morpholine rings is 1. The van der Waals surface area contributed by atoms with Crippen LogP contribution in [0.1, 0.15) is 19.8 Å². The first-order valence-electron chi connectivity index (χ1n) is 4.51. The van der Waals surface area contributed by atoms with Gasteiger partial charge in [-0.05, 0) is 26.3 Å². The molecule has 0 amide bonds. The molecule has 0 aromatic heterocycles. The van der Waals surface area contributed by atoms with Crippen LogP contribution >= 0.6 is 0 Å². The van der Waals surface area contributed by atoms with E-state index in [0.29, 0.717) is 0 Å². The van der Waals surface area contributed by atoms with E-state index >= 15 is 0 Å². The Morgan fingerprint density at radius 2 is 2.50 bits per heavy atom. The summed E-state index contributed by atoms with van der Waals surface area (Å²) in [4.78, 5) is 2.39. The maximum Gasteiger partial charge on any atom is 0.156 e. The predicted molar refractivity (Wildman–Crippen MR) is 44.6 cm³/mol. The Kier molecular flexibility index (Phi) is 1.82. The van der Waals surface area contributed by atoms with Crippen molar-refractivity contribution in [3.63, 3.8) is 0 Å². The summed E-state index contributed by atoms with van der Waals surface area (Å²) >= 11 is 0. The van der Waals surface area contributed by atoms with E-state index in [-0.39, 0.29) is 11.6 Å². The highest BCUT2D eigenvalue weighted by Crippen LogP contribution is 2.32. The monoisotopic (exact) mass is 166 g/mol. The van der Waals surface area contributed by atoms with Gasteiger partial charge >= 0.3 is 0 Å². The Balaban J connectivity index is 2.08. The van der Waals surface area contributed by atoms with E-state index in [1.807, 2.05) is 0 Å². The molecule has 2 saturated heterocycles. The molecule has 0 radical (unpaired) electrons. The maximum atomic E-state index is 8.69. The minimum atomic E-state index is -0.198. The lowest BCUT2D eigenvalue weighted by molar-refractivity contribution is -0.0657. The third-order valence-corrected chi connectivity index (χ3v) is 3.03. The third-order valence-electron chi connectivity index (χ3n) is 3.03. The highest BCUT2D eigenvalue weighted by atomic mass is 16.5. The number of ether oxygens (including phenoxy) is 1. The topological polar surface area (TPSA) is 36.3 Å². The van der Waals surface area contributed by atoms with Crippen molar-refractivity contribution >= 4 is 0 Å². The Bertz CT molecular complexity index is 223. The van der Waals surface area contributed by atoms with Gasteiger partial charge in [0.25, 0.3) is 0 Å². The molecular formula is C9H14N2O. The van der Waals surface area contributed by atoms with Crippen molar-refractivity contribution in [1.29, 1.82) is 5.26 Å². The first kappa shape index (κ1) is 8.03. The lowest BCUT2D eigenvalue weighted by Gasteiger charge is -2.40. The van der Waals surface area contributed by atoms with Crippen LogP contribution in [0.5, 0.6) is 0 Å². The summed E-state index contributed by atoms with van der Waals surface area (Å²) in [6.07, 6.45) is 2.26. The summed E-state index contributed by atoms with van der Waals surface area (Å²) in [7, 11) is 0. The van der Waals surface area contributed by atoms with Crippen LogP contribution < -0.4 is 0 Å². The van der Waals surface area contributed by atoms with Crippen molar-refractivity contribution < 1.29 is 4.74 Å². The molecule has 2 rings (SSSR count). The normalized spacial score (nSPS) is 42.2. The maximum absolute atomic E-state index is 8.69. The average Bonchev–Trinajstić information content (AvgIpc) is 2.45. The predicted octanol–water partition coefficient (Wildman–Crippen LogP) is 0.763. The van der Waals surface area contributed by atoms with Gasteiger partial charge in [0, 0.05) is 12.1 Å². The summed E-state index contributed by atoms with van der Waals surface area (Å²) in [5.41, 5.74) is 0.230. The van der Waals surface area contributed by atoms with Gasteiger partial charge in [0.15, 0.2) is 6.10 Å². The zero-order chi connectivity index (χ0) is 8.60. The van der Waals surface area contributed by atoms with Crippen LogP contribution in [0, 0.1) is 11.3 Å². The highest BCUT2D eigenvalue weighted by Gasteiger charge is 2.41. The second-order valence-corrected chi connectivity index (χ2v) is 3.98. The van der Waals surface area contributed by atoms with Crippen molar-refractivity contribution in [3.05, 3.63) is 0 Å². The van der Waals surface area contributed by atoms with Crippen LogP contribution in [0.3, 0.4) is 0 Å². The number of fused-ring (bicyclic) bond motifs is 1. The lowest BCUT2D eigenvalue weighted by Crippen LogP contribution is -2.53. The van der Waals surface area contributed by atoms with Crippen LogP contribution in [0.4, 0.5) is 0 Å². The van der Waals surface area contributed by atoms with E-state index in [0.717, 1.165) is 19.7 Å². The number of nitrogens with zero attached hydrogens (tertiary/aromatic N) is 2. The fraction of sp³-hybridized carbons (Fsp3) is 0.889. The van der Waals surface area contributed by atoms with E-state index in [4.69, 9.17) is 10.00 Å². The van der Waals surface area contributed by atoms with Crippen LogP contribution in [-0.2, 0) is 4.74 Å². The summed E-state index contributed by atoms with van der Waals surface area (Å²) in [6.45, 7) is 4.89. The van der Waals surface area contributed by atoms with Gasteiger partial charge in [0.1, 0.15) is 0 Å². The molecule has 12 heavy (non-hydrogen) atoms. The Morgan fingerprint density at radius 1 is 1.67 bits per heavy atom. The number of nitriles is 1. The number of hydrogen-bond acceptors (Lipinski definition) is 3. The molecule has 0 aliphatic carbocycles. The second kappa shape index (κ2) is 2.72. The van der Waals surface area contributed by atoms with E-state index in [1.165, 1.54) is 12.8 Å². The number of rotatable bonds is 0. The Hall–Kier alpha value is -0.590. The van der Waals surface area contributed by atoms with Gasteiger partial charge in [0.05, 0.1) is 12.7 Å². The first-order chi connectivity index (χ1) is 5.74. The Labute approximate surface area is 72.9 Å². The van der Waals surface area contributed by atoms with E-state index in [2.05, 4.69) is 17.9 Å². The molecular weight excluding hydrogens is 152 g/mol. The average molecular weight is 166 g/mol. The fourth-order valence-corrected chi connectivity index (χ4v) is 2.16. The van der Waals surface area contributed by atoms with Gasteiger partial charge in [-0.2, -0.15) is 5.26 Å². The molecule has 0 aromatic rings. The van der Waals surface area contributed by atoms with Crippen LogP contribution in [0.2, 0.25) is 0 Å². The van der Waals surface area contributed by atoms with Crippen molar-refractivity contribution in [3.8, 4) is 6.07 Å². The van der Waals surface area contributed by atoms with Crippen molar-refractivity contribution in [2.45, 2.75) is 31.4 Å². The smallest absolute Gasteiger partial charge is 0.156 e. The van der Waals surface area contributed by atoms with Crippen LogP contribution in [0.15, 0.2) is 0 Å². The molecule has 3 nitrogen and oxygen atoms in total. The second-order valence-electron chi connectivity index (χ2n) is 3.98. The molecule has 2 fully saturated rings. The molecule has 0 aromatic carbocycles. The minimum absolute atomic E-state index is 0.198. The standard InChI is InChI=1S/C9H14N2O/c1-9-3-2-4-11(9)6-8(5-10)12-7-9/h8H,2-4,6-7H2,1H3. The van der Waals surface area contributed by atoms with Crippen LogP contribution in [-0.4, -0.2) is 36.2 Å². The molecule has 2 aliphatic heterocycles. The van der Waals surface area contributed by atoms with E-state index in [9.17, 15) is 0 Å². The molecule has 2 unspecified atom stereocenters. The van der Waals surface area contributed by atoms with Gasteiger partial charge in [-0.25, -0.2) is 0 Å². The van der Waals surface area contributed by atoms with Crippen LogP contribution in [0.25, 0.3) is 0 Å². The summed E-state index contributed by atoms with van der Waals surface area (Å²) in [6, 6.07) is 2.17. The lowest BCUT2D eigenvalue weighted by atomic mass is 9.98. The first-order valence-corrected chi connectivity index (χ1v) is 4.51. The molecule has 2 heterocycles. The van der Waals surface area contributed by atoms with Crippen molar-refractivity contribution in [1.82, 2.24) is 4.90 Å². The van der Waals surface area contributed by atoms with E-state index < -0.39 is 0 Å². The summed E-state index contributed by atoms with van der Waals surface area (Å²) in [5.74, 6) is 0. The summed E-state index contributed by atoms with van der Waals surface area (Å²) in [5, 5.41) is 8.69.